The Bertz CT molecular complexity index is 1410. The topological polar surface area (TPSA) is 89.4 Å². The third kappa shape index (κ3) is 5.85. The molecule has 8 nitrogen and oxygen atoms in total. The maximum Gasteiger partial charge on any atom is 0.249 e. The van der Waals surface area contributed by atoms with Crippen molar-refractivity contribution in [3.05, 3.63) is 83.4 Å². The van der Waals surface area contributed by atoms with Crippen LogP contribution in [0, 0.1) is 19.8 Å². The number of nitrogens with one attached hydrogen (secondary N) is 1. The number of aryl methyl sites for hydroxylation is 2. The summed E-state index contributed by atoms with van der Waals surface area (Å²) in [6.07, 6.45) is 0.832. The van der Waals surface area contributed by atoms with Gasteiger partial charge in [0.25, 0.3) is 0 Å². The number of nitrogens with zero attached hydrogens (tertiary/aromatic N) is 4. The number of methoxy groups -OCH3 is 1. The Kier molecular flexibility index (Phi) is 8.41. The van der Waals surface area contributed by atoms with Crippen LogP contribution in [-0.4, -0.2) is 40.5 Å². The van der Waals surface area contributed by atoms with E-state index in [1.54, 1.807) is 16.7 Å². The van der Waals surface area contributed by atoms with E-state index in [2.05, 4.69) is 29.5 Å². The highest BCUT2D eigenvalue weighted by Crippen LogP contribution is 2.34. The Morgan fingerprint density at radius 3 is 2.42 bits per heavy atom. The minimum atomic E-state index is -0.917. The summed E-state index contributed by atoms with van der Waals surface area (Å²) < 4.78 is 7.05. The van der Waals surface area contributed by atoms with Crippen LogP contribution < -0.4 is 15.0 Å². The van der Waals surface area contributed by atoms with Crippen molar-refractivity contribution in [2.24, 2.45) is 5.92 Å². The molecule has 0 saturated heterocycles. The molecule has 0 aliphatic rings. The number of rotatable bonds is 10. The molecule has 4 rings (SSSR count). The lowest BCUT2D eigenvalue weighted by atomic mass is 9.99. The van der Waals surface area contributed by atoms with E-state index in [1.165, 1.54) is 0 Å². The fourth-order valence-corrected chi connectivity index (χ4v) is 4.63. The second-order valence-electron chi connectivity index (χ2n) is 9.89. The summed E-state index contributed by atoms with van der Waals surface area (Å²) in [7, 11) is 1.58. The lowest BCUT2D eigenvalue weighted by Gasteiger charge is -2.34. The predicted octanol–water partition coefficient (Wildman–Crippen LogP) is 4.99. The van der Waals surface area contributed by atoms with E-state index in [4.69, 9.17) is 4.74 Å². The van der Waals surface area contributed by atoms with Crippen LogP contribution >= 0.6 is 0 Å². The van der Waals surface area contributed by atoms with Crippen LogP contribution in [0.25, 0.3) is 11.0 Å². The number of fused-ring (bicyclic) bond motifs is 1. The summed E-state index contributed by atoms with van der Waals surface area (Å²) in [4.78, 5) is 29.8. The Morgan fingerprint density at radius 2 is 1.71 bits per heavy atom. The number of anilines is 1. The van der Waals surface area contributed by atoms with E-state index in [1.807, 2.05) is 80.6 Å². The van der Waals surface area contributed by atoms with Crippen LogP contribution in [0.4, 0.5) is 5.69 Å². The second-order valence-corrected chi connectivity index (χ2v) is 9.89. The van der Waals surface area contributed by atoms with Gasteiger partial charge in [-0.15, -0.1) is 5.10 Å². The van der Waals surface area contributed by atoms with Crippen LogP contribution in [0.5, 0.6) is 5.75 Å². The van der Waals surface area contributed by atoms with Crippen LogP contribution in [0.1, 0.15) is 43.0 Å². The summed E-state index contributed by atoms with van der Waals surface area (Å²) in [6, 6.07) is 19.8. The third-order valence-electron chi connectivity index (χ3n) is 6.59. The Balaban J connectivity index is 1.83. The van der Waals surface area contributed by atoms with E-state index in [-0.39, 0.29) is 18.4 Å². The van der Waals surface area contributed by atoms with E-state index < -0.39 is 6.04 Å². The van der Waals surface area contributed by atoms with Gasteiger partial charge in [-0.25, -0.2) is 4.68 Å². The molecule has 0 saturated carbocycles. The molecule has 0 aliphatic carbocycles. The molecule has 0 aliphatic heterocycles. The highest BCUT2D eigenvalue weighted by Gasteiger charge is 2.35. The van der Waals surface area contributed by atoms with Crippen LogP contribution in [0.3, 0.4) is 0 Å². The third-order valence-corrected chi connectivity index (χ3v) is 6.59. The zero-order valence-electron chi connectivity index (χ0n) is 22.6. The zero-order valence-corrected chi connectivity index (χ0v) is 22.6. The van der Waals surface area contributed by atoms with Gasteiger partial charge in [-0.1, -0.05) is 61.5 Å². The quantitative estimate of drug-likeness (QED) is 0.323. The minimum Gasteiger partial charge on any atom is -0.497 e. The number of hydrogen-bond acceptors (Lipinski definition) is 5. The van der Waals surface area contributed by atoms with Crippen molar-refractivity contribution in [1.82, 2.24) is 20.3 Å². The van der Waals surface area contributed by atoms with E-state index >= 15 is 0 Å². The van der Waals surface area contributed by atoms with Gasteiger partial charge in [-0.3, -0.25) is 14.5 Å². The van der Waals surface area contributed by atoms with E-state index in [0.717, 1.165) is 23.1 Å². The SMILES string of the molecule is COc1cccc(C(C(=O)NCCC(C)C)N(C(=O)Cn2nnc3ccccc32)c2c(C)cccc2C)c1. The molecule has 1 heterocycles. The van der Waals surface area contributed by atoms with Crippen molar-refractivity contribution >= 4 is 28.5 Å². The van der Waals surface area contributed by atoms with Gasteiger partial charge in [-0.05, 0) is 67.1 Å². The second kappa shape index (κ2) is 11.9. The fraction of sp³-hybridized carbons (Fsp3) is 0.333. The van der Waals surface area contributed by atoms with Gasteiger partial charge in [0.2, 0.25) is 11.8 Å². The maximum absolute atomic E-state index is 14.2. The molecule has 0 spiro atoms. The summed E-state index contributed by atoms with van der Waals surface area (Å²) >= 11 is 0. The first-order chi connectivity index (χ1) is 18.3. The van der Waals surface area contributed by atoms with Crippen molar-refractivity contribution in [2.45, 2.75) is 46.7 Å². The predicted molar refractivity (Wildman–Crippen MR) is 149 cm³/mol. The minimum absolute atomic E-state index is 0.0754. The van der Waals surface area contributed by atoms with E-state index in [9.17, 15) is 9.59 Å². The van der Waals surface area contributed by atoms with Gasteiger partial charge < -0.3 is 10.1 Å². The molecule has 1 N–H and O–H groups in total. The lowest BCUT2D eigenvalue weighted by Crippen LogP contribution is -2.46. The first-order valence-corrected chi connectivity index (χ1v) is 12.9. The van der Waals surface area contributed by atoms with Gasteiger partial charge in [0.1, 0.15) is 23.9 Å². The largest absolute Gasteiger partial charge is 0.497 e. The van der Waals surface area contributed by atoms with Gasteiger partial charge in [0.15, 0.2) is 0 Å². The standard InChI is InChI=1S/C30H35N5O3/c1-20(2)16-17-31-30(37)29(23-12-9-13-24(18-23)38-5)35(28-21(3)10-8-11-22(28)4)27(36)19-34-26-15-7-6-14-25(26)32-33-34/h6-15,18,20,29H,16-17,19H2,1-5H3,(H,31,37). The number of amides is 2. The zero-order chi connectivity index (χ0) is 27.2. The van der Waals surface area contributed by atoms with Crippen molar-refractivity contribution in [3.8, 4) is 5.75 Å². The molecule has 1 atom stereocenters. The molecule has 0 fully saturated rings. The molecule has 38 heavy (non-hydrogen) atoms. The highest BCUT2D eigenvalue weighted by molar-refractivity contribution is 6.02. The summed E-state index contributed by atoms with van der Waals surface area (Å²) in [5.41, 5.74) is 4.60. The van der Waals surface area contributed by atoms with Crippen LogP contribution in [-0.2, 0) is 16.1 Å². The maximum atomic E-state index is 14.2. The average Bonchev–Trinajstić information content (AvgIpc) is 3.30. The molecule has 1 unspecified atom stereocenters. The Morgan fingerprint density at radius 1 is 1.00 bits per heavy atom. The van der Waals surface area contributed by atoms with Gasteiger partial charge in [0, 0.05) is 6.54 Å². The fourth-order valence-electron chi connectivity index (χ4n) is 4.63. The number of hydrogen-bond donors (Lipinski definition) is 1. The van der Waals surface area contributed by atoms with Crippen molar-refractivity contribution in [1.29, 1.82) is 0 Å². The number of carbonyl (C=O) groups excluding carboxylic acids is 2. The molecule has 0 radical (unpaired) electrons. The molecule has 3 aromatic carbocycles. The molecule has 0 bridgehead atoms. The van der Waals surface area contributed by atoms with E-state index in [0.29, 0.717) is 35.0 Å². The molecule has 2 amide bonds. The van der Waals surface area contributed by atoms with Gasteiger partial charge in [-0.2, -0.15) is 0 Å². The summed E-state index contributed by atoms with van der Waals surface area (Å²) in [5.74, 6) is 0.518. The number of ether oxygens (including phenoxy) is 1. The van der Waals surface area contributed by atoms with Gasteiger partial charge in [0.05, 0.1) is 18.3 Å². The molecule has 1 aromatic heterocycles. The molecule has 8 heteroatoms. The van der Waals surface area contributed by atoms with Crippen LogP contribution in [0.2, 0.25) is 0 Å². The van der Waals surface area contributed by atoms with Gasteiger partial charge >= 0.3 is 0 Å². The number of para-hydroxylation sites is 2. The summed E-state index contributed by atoms with van der Waals surface area (Å²) in [5, 5.41) is 11.5. The first-order valence-electron chi connectivity index (χ1n) is 12.9. The normalized spacial score (nSPS) is 11.9. The number of benzene rings is 3. The van der Waals surface area contributed by atoms with Crippen molar-refractivity contribution in [2.75, 3.05) is 18.6 Å². The lowest BCUT2D eigenvalue weighted by molar-refractivity contribution is -0.127. The number of carbonyl (C=O) groups is 2. The molecule has 198 valence electrons. The monoisotopic (exact) mass is 513 g/mol. The highest BCUT2D eigenvalue weighted by atomic mass is 16.5. The molecular weight excluding hydrogens is 478 g/mol. The molecule has 4 aromatic rings. The van der Waals surface area contributed by atoms with Crippen molar-refractivity contribution < 1.29 is 14.3 Å². The Labute approximate surface area is 223 Å². The Hall–Kier alpha value is -4.20. The summed E-state index contributed by atoms with van der Waals surface area (Å²) in [6.45, 7) is 8.56. The average molecular weight is 514 g/mol. The number of aromatic nitrogens is 3. The van der Waals surface area contributed by atoms with Crippen molar-refractivity contribution in [3.63, 3.8) is 0 Å². The smallest absolute Gasteiger partial charge is 0.249 e. The molecular formula is C30H35N5O3. The van der Waals surface area contributed by atoms with Crippen LogP contribution in [0.15, 0.2) is 66.7 Å². The first kappa shape index (κ1) is 26.9.